The SMILES string of the molecule is CCOc1ccc(C(=O)N2CCCN(C(=O)NC(C)(C)C)CC2)cc1. The van der Waals surface area contributed by atoms with Gasteiger partial charge in [0.15, 0.2) is 0 Å². The topological polar surface area (TPSA) is 61.9 Å². The van der Waals surface area contributed by atoms with Crippen molar-refractivity contribution in [3.05, 3.63) is 29.8 Å². The zero-order valence-corrected chi connectivity index (χ0v) is 15.7. The second-order valence-corrected chi connectivity index (χ2v) is 7.27. The van der Waals surface area contributed by atoms with E-state index in [1.165, 1.54) is 0 Å². The molecule has 1 aromatic carbocycles. The quantitative estimate of drug-likeness (QED) is 0.914. The number of nitrogens with zero attached hydrogens (tertiary/aromatic N) is 2. The van der Waals surface area contributed by atoms with Gasteiger partial charge in [0.1, 0.15) is 5.75 Å². The van der Waals surface area contributed by atoms with Crippen LogP contribution in [0.3, 0.4) is 0 Å². The van der Waals surface area contributed by atoms with Crippen molar-refractivity contribution in [2.24, 2.45) is 0 Å². The van der Waals surface area contributed by atoms with Crippen LogP contribution in [0.5, 0.6) is 5.75 Å². The molecule has 1 aromatic rings. The van der Waals surface area contributed by atoms with E-state index >= 15 is 0 Å². The number of hydrogen-bond acceptors (Lipinski definition) is 3. The monoisotopic (exact) mass is 347 g/mol. The largest absolute Gasteiger partial charge is 0.494 e. The van der Waals surface area contributed by atoms with Crippen LogP contribution in [0.4, 0.5) is 4.79 Å². The Balaban J connectivity index is 1.95. The van der Waals surface area contributed by atoms with E-state index in [1.54, 1.807) is 17.0 Å². The molecule has 1 N–H and O–H groups in total. The predicted molar refractivity (Wildman–Crippen MR) is 98.0 cm³/mol. The third-order valence-electron chi connectivity index (χ3n) is 3.96. The van der Waals surface area contributed by atoms with Crippen molar-refractivity contribution in [2.75, 3.05) is 32.8 Å². The van der Waals surface area contributed by atoms with Crippen LogP contribution < -0.4 is 10.1 Å². The van der Waals surface area contributed by atoms with Gasteiger partial charge in [-0.1, -0.05) is 0 Å². The Labute approximate surface area is 150 Å². The molecule has 1 aliphatic heterocycles. The van der Waals surface area contributed by atoms with Crippen LogP contribution in [0.1, 0.15) is 44.5 Å². The van der Waals surface area contributed by atoms with Gasteiger partial charge in [-0.25, -0.2) is 4.79 Å². The second-order valence-electron chi connectivity index (χ2n) is 7.27. The summed E-state index contributed by atoms with van der Waals surface area (Å²) in [5, 5.41) is 2.98. The maximum absolute atomic E-state index is 12.7. The van der Waals surface area contributed by atoms with Gasteiger partial charge < -0.3 is 19.9 Å². The van der Waals surface area contributed by atoms with Crippen molar-refractivity contribution < 1.29 is 14.3 Å². The maximum Gasteiger partial charge on any atom is 0.317 e. The molecule has 3 amide bonds. The Morgan fingerprint density at radius 3 is 2.24 bits per heavy atom. The molecule has 1 fully saturated rings. The molecular formula is C19H29N3O3. The number of amides is 3. The molecule has 0 bridgehead atoms. The first kappa shape index (κ1) is 19.1. The predicted octanol–water partition coefficient (Wildman–Crippen LogP) is 2.74. The van der Waals surface area contributed by atoms with Gasteiger partial charge in [0, 0.05) is 37.3 Å². The summed E-state index contributed by atoms with van der Waals surface area (Å²) in [6, 6.07) is 7.16. The molecule has 1 heterocycles. The lowest BCUT2D eigenvalue weighted by Gasteiger charge is -2.27. The first-order valence-electron chi connectivity index (χ1n) is 8.89. The molecule has 0 radical (unpaired) electrons. The highest BCUT2D eigenvalue weighted by atomic mass is 16.5. The smallest absolute Gasteiger partial charge is 0.317 e. The third-order valence-corrected chi connectivity index (χ3v) is 3.96. The maximum atomic E-state index is 12.7. The number of benzene rings is 1. The highest BCUT2D eigenvalue weighted by molar-refractivity contribution is 5.94. The lowest BCUT2D eigenvalue weighted by Crippen LogP contribution is -2.49. The van der Waals surface area contributed by atoms with E-state index in [0.29, 0.717) is 38.3 Å². The molecule has 0 atom stereocenters. The molecule has 1 aliphatic rings. The molecule has 138 valence electrons. The minimum absolute atomic E-state index is 0.00104. The lowest BCUT2D eigenvalue weighted by molar-refractivity contribution is 0.0762. The van der Waals surface area contributed by atoms with Gasteiger partial charge in [0.2, 0.25) is 0 Å². The van der Waals surface area contributed by atoms with E-state index in [-0.39, 0.29) is 17.5 Å². The van der Waals surface area contributed by atoms with Crippen molar-refractivity contribution in [1.82, 2.24) is 15.1 Å². The minimum atomic E-state index is -0.263. The minimum Gasteiger partial charge on any atom is -0.494 e. The van der Waals surface area contributed by atoms with Crippen LogP contribution in [0.2, 0.25) is 0 Å². The van der Waals surface area contributed by atoms with E-state index in [4.69, 9.17) is 4.74 Å². The Kier molecular flexibility index (Phi) is 6.28. The molecule has 6 nitrogen and oxygen atoms in total. The Hall–Kier alpha value is -2.24. The fourth-order valence-corrected chi connectivity index (χ4v) is 2.77. The third kappa shape index (κ3) is 5.66. The number of hydrogen-bond donors (Lipinski definition) is 1. The highest BCUT2D eigenvalue weighted by Gasteiger charge is 2.24. The number of carbonyl (C=O) groups excluding carboxylic acids is 2. The molecule has 1 saturated heterocycles. The van der Waals surface area contributed by atoms with Crippen molar-refractivity contribution in [1.29, 1.82) is 0 Å². The van der Waals surface area contributed by atoms with Crippen LogP contribution >= 0.6 is 0 Å². The van der Waals surface area contributed by atoms with Crippen molar-refractivity contribution in [2.45, 2.75) is 39.7 Å². The van der Waals surface area contributed by atoms with Gasteiger partial charge in [-0.05, 0) is 58.4 Å². The van der Waals surface area contributed by atoms with Gasteiger partial charge in [-0.2, -0.15) is 0 Å². The summed E-state index contributed by atoms with van der Waals surface area (Å²) in [6.45, 7) is 10.8. The fourth-order valence-electron chi connectivity index (χ4n) is 2.77. The van der Waals surface area contributed by atoms with Crippen molar-refractivity contribution >= 4 is 11.9 Å². The van der Waals surface area contributed by atoms with Gasteiger partial charge >= 0.3 is 6.03 Å². The van der Waals surface area contributed by atoms with E-state index in [9.17, 15) is 9.59 Å². The van der Waals surface area contributed by atoms with E-state index in [1.807, 2.05) is 44.7 Å². The van der Waals surface area contributed by atoms with E-state index in [0.717, 1.165) is 12.2 Å². The summed E-state index contributed by atoms with van der Waals surface area (Å²) < 4.78 is 5.41. The van der Waals surface area contributed by atoms with Crippen LogP contribution in [0, 0.1) is 0 Å². The second kappa shape index (κ2) is 8.23. The average Bonchev–Trinajstić information content (AvgIpc) is 2.80. The normalized spacial score (nSPS) is 15.5. The van der Waals surface area contributed by atoms with E-state index < -0.39 is 0 Å². The number of rotatable bonds is 3. The van der Waals surface area contributed by atoms with Crippen LogP contribution in [0.25, 0.3) is 0 Å². The van der Waals surface area contributed by atoms with Gasteiger partial charge in [-0.15, -0.1) is 0 Å². The van der Waals surface area contributed by atoms with Crippen LogP contribution in [0.15, 0.2) is 24.3 Å². The number of ether oxygens (including phenoxy) is 1. The van der Waals surface area contributed by atoms with Crippen LogP contribution in [-0.2, 0) is 0 Å². The molecule has 25 heavy (non-hydrogen) atoms. The fraction of sp³-hybridized carbons (Fsp3) is 0.579. The van der Waals surface area contributed by atoms with Gasteiger partial charge in [0.05, 0.1) is 6.61 Å². The number of urea groups is 1. The average molecular weight is 347 g/mol. The molecule has 0 aromatic heterocycles. The molecule has 0 unspecified atom stereocenters. The van der Waals surface area contributed by atoms with Crippen molar-refractivity contribution in [3.8, 4) is 5.75 Å². The molecule has 0 saturated carbocycles. The molecular weight excluding hydrogens is 318 g/mol. The number of nitrogens with one attached hydrogen (secondary N) is 1. The summed E-state index contributed by atoms with van der Waals surface area (Å²) >= 11 is 0. The first-order valence-corrected chi connectivity index (χ1v) is 8.89. The summed E-state index contributed by atoms with van der Waals surface area (Å²) in [5.41, 5.74) is 0.386. The summed E-state index contributed by atoms with van der Waals surface area (Å²) in [5.74, 6) is 0.765. The zero-order chi connectivity index (χ0) is 18.4. The Bertz CT molecular complexity index is 593. The van der Waals surface area contributed by atoms with Crippen LogP contribution in [-0.4, -0.2) is 60.1 Å². The molecule has 2 rings (SSSR count). The van der Waals surface area contributed by atoms with Crippen molar-refractivity contribution in [3.63, 3.8) is 0 Å². The van der Waals surface area contributed by atoms with Gasteiger partial charge in [-0.3, -0.25) is 4.79 Å². The van der Waals surface area contributed by atoms with Gasteiger partial charge in [0.25, 0.3) is 5.91 Å². The standard InChI is InChI=1S/C19H29N3O3/c1-5-25-16-9-7-15(8-10-16)17(23)21-11-6-12-22(14-13-21)18(24)20-19(2,3)4/h7-10H,5-6,11-14H2,1-4H3,(H,20,24). The molecule has 0 aliphatic carbocycles. The molecule has 6 heteroatoms. The summed E-state index contributed by atoms with van der Waals surface area (Å²) in [4.78, 5) is 28.6. The first-order chi connectivity index (χ1) is 11.8. The molecule has 0 spiro atoms. The Morgan fingerprint density at radius 1 is 1.04 bits per heavy atom. The summed E-state index contributed by atoms with van der Waals surface area (Å²) in [7, 11) is 0. The number of carbonyl (C=O) groups is 2. The lowest BCUT2D eigenvalue weighted by atomic mass is 10.1. The highest BCUT2D eigenvalue weighted by Crippen LogP contribution is 2.15. The summed E-state index contributed by atoms with van der Waals surface area (Å²) in [6.07, 6.45) is 0.778. The van der Waals surface area contributed by atoms with E-state index in [2.05, 4.69) is 5.32 Å². The Morgan fingerprint density at radius 2 is 1.64 bits per heavy atom. The zero-order valence-electron chi connectivity index (χ0n) is 15.7.